The van der Waals surface area contributed by atoms with Gasteiger partial charge in [-0.3, -0.25) is 0 Å². The Morgan fingerprint density at radius 1 is 0.944 bits per heavy atom. The summed E-state index contributed by atoms with van der Waals surface area (Å²) < 4.78 is 10.5. The molecule has 92 valence electrons. The van der Waals surface area contributed by atoms with Gasteiger partial charge in [0.05, 0.1) is 7.11 Å². The van der Waals surface area contributed by atoms with E-state index in [4.69, 9.17) is 9.47 Å². The van der Waals surface area contributed by atoms with Gasteiger partial charge in [-0.15, -0.1) is 0 Å². The van der Waals surface area contributed by atoms with Gasteiger partial charge >= 0.3 is 5.97 Å². The maximum atomic E-state index is 11.8. The monoisotopic (exact) mass is 242 g/mol. The second-order valence-corrected chi connectivity index (χ2v) is 3.74. The van der Waals surface area contributed by atoms with Gasteiger partial charge in [-0.1, -0.05) is 48.5 Å². The number of esters is 1. The molecular formula is C15H14O3. The van der Waals surface area contributed by atoms with Crippen molar-refractivity contribution >= 4 is 5.97 Å². The van der Waals surface area contributed by atoms with Gasteiger partial charge < -0.3 is 9.47 Å². The first-order valence-corrected chi connectivity index (χ1v) is 5.66. The Labute approximate surface area is 106 Å². The standard InChI is InChI=1S/C15H14O3/c1-17-15(16)14(12-8-4-2-5-9-12)18-13-10-6-3-7-11-13/h2-11,14H,1H3/t14-/m1/s1. The minimum absolute atomic E-state index is 0.412. The summed E-state index contributed by atoms with van der Waals surface area (Å²) in [5, 5.41) is 0. The Kier molecular flexibility index (Phi) is 3.97. The molecule has 0 radical (unpaired) electrons. The van der Waals surface area contributed by atoms with E-state index in [2.05, 4.69) is 0 Å². The molecule has 3 nitrogen and oxygen atoms in total. The van der Waals surface area contributed by atoms with Crippen molar-refractivity contribution in [2.24, 2.45) is 0 Å². The molecule has 0 spiro atoms. The average Bonchev–Trinajstić information content (AvgIpc) is 2.46. The summed E-state index contributed by atoms with van der Waals surface area (Å²) in [5.41, 5.74) is 0.771. The Morgan fingerprint density at radius 2 is 1.50 bits per heavy atom. The van der Waals surface area contributed by atoms with E-state index in [0.29, 0.717) is 5.75 Å². The molecule has 0 amide bonds. The molecule has 0 saturated carbocycles. The van der Waals surface area contributed by atoms with Crippen LogP contribution in [-0.4, -0.2) is 13.1 Å². The lowest BCUT2D eigenvalue weighted by molar-refractivity contribution is -0.149. The van der Waals surface area contributed by atoms with Crippen LogP contribution in [0.25, 0.3) is 0 Å². The normalized spacial score (nSPS) is 11.6. The first-order valence-electron chi connectivity index (χ1n) is 5.66. The number of ether oxygens (including phenoxy) is 2. The van der Waals surface area contributed by atoms with Crippen molar-refractivity contribution in [3.8, 4) is 5.75 Å². The van der Waals surface area contributed by atoms with Gasteiger partial charge in [0, 0.05) is 5.56 Å². The number of benzene rings is 2. The molecule has 0 bridgehead atoms. The van der Waals surface area contributed by atoms with Crippen molar-refractivity contribution in [2.45, 2.75) is 6.10 Å². The number of carbonyl (C=O) groups is 1. The van der Waals surface area contributed by atoms with E-state index < -0.39 is 12.1 Å². The zero-order valence-electron chi connectivity index (χ0n) is 10.1. The third-order valence-corrected chi connectivity index (χ3v) is 2.51. The van der Waals surface area contributed by atoms with E-state index in [0.717, 1.165) is 5.56 Å². The zero-order valence-corrected chi connectivity index (χ0v) is 10.1. The Morgan fingerprint density at radius 3 is 2.06 bits per heavy atom. The van der Waals surface area contributed by atoms with Crippen LogP contribution >= 0.6 is 0 Å². The van der Waals surface area contributed by atoms with Gasteiger partial charge in [0.2, 0.25) is 6.10 Å². The first kappa shape index (κ1) is 12.2. The highest BCUT2D eigenvalue weighted by Crippen LogP contribution is 2.22. The molecular weight excluding hydrogens is 228 g/mol. The van der Waals surface area contributed by atoms with Gasteiger partial charge in [-0.05, 0) is 12.1 Å². The van der Waals surface area contributed by atoms with Crippen molar-refractivity contribution < 1.29 is 14.3 Å². The van der Waals surface area contributed by atoms with Crippen LogP contribution in [0.3, 0.4) is 0 Å². The van der Waals surface area contributed by atoms with Crippen molar-refractivity contribution in [3.05, 3.63) is 66.2 Å². The van der Waals surface area contributed by atoms with Gasteiger partial charge in [-0.25, -0.2) is 4.79 Å². The number of hydrogen-bond acceptors (Lipinski definition) is 3. The number of rotatable bonds is 4. The zero-order chi connectivity index (χ0) is 12.8. The van der Waals surface area contributed by atoms with Gasteiger partial charge in [-0.2, -0.15) is 0 Å². The van der Waals surface area contributed by atoms with E-state index in [1.807, 2.05) is 48.5 Å². The quantitative estimate of drug-likeness (QED) is 0.773. The highest BCUT2D eigenvalue weighted by Gasteiger charge is 2.23. The summed E-state index contributed by atoms with van der Waals surface area (Å²) >= 11 is 0. The van der Waals surface area contributed by atoms with E-state index in [1.54, 1.807) is 12.1 Å². The van der Waals surface area contributed by atoms with Gasteiger partial charge in [0.1, 0.15) is 5.75 Å². The van der Waals surface area contributed by atoms with Crippen LogP contribution in [0.5, 0.6) is 5.75 Å². The molecule has 2 aromatic carbocycles. The molecule has 0 fully saturated rings. The van der Waals surface area contributed by atoms with Gasteiger partial charge in [0.15, 0.2) is 0 Å². The van der Waals surface area contributed by atoms with Crippen LogP contribution in [0.15, 0.2) is 60.7 Å². The summed E-state index contributed by atoms with van der Waals surface area (Å²) in [5.74, 6) is 0.224. The van der Waals surface area contributed by atoms with E-state index in [1.165, 1.54) is 7.11 Å². The second kappa shape index (κ2) is 5.87. The summed E-state index contributed by atoms with van der Waals surface area (Å²) in [4.78, 5) is 11.8. The summed E-state index contributed by atoms with van der Waals surface area (Å²) in [6, 6.07) is 18.5. The van der Waals surface area contributed by atoms with Crippen LogP contribution < -0.4 is 4.74 Å². The second-order valence-electron chi connectivity index (χ2n) is 3.74. The molecule has 0 aromatic heterocycles. The highest BCUT2D eigenvalue weighted by molar-refractivity contribution is 5.76. The lowest BCUT2D eigenvalue weighted by Gasteiger charge is -2.17. The maximum absolute atomic E-state index is 11.8. The third-order valence-electron chi connectivity index (χ3n) is 2.51. The molecule has 0 aliphatic heterocycles. The number of para-hydroxylation sites is 1. The number of carbonyl (C=O) groups excluding carboxylic acids is 1. The molecule has 1 atom stereocenters. The topological polar surface area (TPSA) is 35.5 Å². The minimum Gasteiger partial charge on any atom is -0.474 e. The van der Waals surface area contributed by atoms with Crippen molar-refractivity contribution in [2.75, 3.05) is 7.11 Å². The number of hydrogen-bond donors (Lipinski definition) is 0. The number of methoxy groups -OCH3 is 1. The molecule has 2 rings (SSSR count). The highest BCUT2D eigenvalue weighted by atomic mass is 16.6. The fraction of sp³-hybridized carbons (Fsp3) is 0.133. The lowest BCUT2D eigenvalue weighted by Crippen LogP contribution is -2.20. The van der Waals surface area contributed by atoms with Crippen LogP contribution in [0.4, 0.5) is 0 Å². The minimum atomic E-state index is -0.737. The lowest BCUT2D eigenvalue weighted by atomic mass is 10.1. The molecule has 3 heteroatoms. The van der Waals surface area contributed by atoms with Crippen molar-refractivity contribution in [1.29, 1.82) is 0 Å². The van der Waals surface area contributed by atoms with Crippen LogP contribution in [0, 0.1) is 0 Å². The first-order chi connectivity index (χ1) is 8.81. The molecule has 0 aliphatic carbocycles. The Balaban J connectivity index is 2.24. The molecule has 0 saturated heterocycles. The fourth-order valence-electron chi connectivity index (χ4n) is 1.62. The summed E-state index contributed by atoms with van der Waals surface area (Å²) in [6.07, 6.45) is -0.737. The maximum Gasteiger partial charge on any atom is 0.351 e. The fourth-order valence-corrected chi connectivity index (χ4v) is 1.62. The van der Waals surface area contributed by atoms with Crippen LogP contribution in [0.2, 0.25) is 0 Å². The van der Waals surface area contributed by atoms with E-state index in [9.17, 15) is 4.79 Å². The smallest absolute Gasteiger partial charge is 0.351 e. The van der Waals surface area contributed by atoms with E-state index >= 15 is 0 Å². The van der Waals surface area contributed by atoms with Gasteiger partial charge in [0.25, 0.3) is 0 Å². The molecule has 0 heterocycles. The van der Waals surface area contributed by atoms with Crippen molar-refractivity contribution in [1.82, 2.24) is 0 Å². The molecule has 0 N–H and O–H groups in total. The van der Waals surface area contributed by atoms with Crippen LogP contribution in [-0.2, 0) is 9.53 Å². The largest absolute Gasteiger partial charge is 0.474 e. The third kappa shape index (κ3) is 2.88. The van der Waals surface area contributed by atoms with Crippen LogP contribution in [0.1, 0.15) is 11.7 Å². The molecule has 0 aliphatic rings. The molecule has 2 aromatic rings. The Hall–Kier alpha value is -2.29. The van der Waals surface area contributed by atoms with E-state index in [-0.39, 0.29) is 0 Å². The predicted molar refractivity (Wildman–Crippen MR) is 68.3 cm³/mol. The summed E-state index contributed by atoms with van der Waals surface area (Å²) in [6.45, 7) is 0. The molecule has 18 heavy (non-hydrogen) atoms. The Bertz CT molecular complexity index is 494. The van der Waals surface area contributed by atoms with Crippen molar-refractivity contribution in [3.63, 3.8) is 0 Å². The summed E-state index contributed by atoms with van der Waals surface area (Å²) in [7, 11) is 1.35. The SMILES string of the molecule is COC(=O)[C@H](Oc1ccccc1)c1ccccc1. The molecule has 0 unspecified atom stereocenters. The predicted octanol–water partition coefficient (Wildman–Crippen LogP) is 2.98. The average molecular weight is 242 g/mol.